The Kier molecular flexibility index (Phi) is 5.00. The highest BCUT2D eigenvalue weighted by atomic mass is 79.9. The third kappa shape index (κ3) is 3.76. The van der Waals surface area contributed by atoms with Gasteiger partial charge in [-0.1, -0.05) is 32.1 Å². The molecule has 1 fully saturated rings. The Morgan fingerprint density at radius 2 is 2.00 bits per heavy atom. The molecule has 0 amide bonds. The number of rotatable bonds is 3. The SMILES string of the molecule is OC(CC1CCCCC1)c1ncc(Br)cc1Br. The molecule has 4 heteroatoms. The number of halogens is 2. The van der Waals surface area contributed by atoms with Crippen LogP contribution >= 0.6 is 31.9 Å². The van der Waals surface area contributed by atoms with E-state index in [1.165, 1.54) is 32.1 Å². The largest absolute Gasteiger partial charge is 0.387 e. The van der Waals surface area contributed by atoms with E-state index >= 15 is 0 Å². The molecule has 1 unspecified atom stereocenters. The summed E-state index contributed by atoms with van der Waals surface area (Å²) in [6, 6.07) is 1.94. The van der Waals surface area contributed by atoms with Crippen LogP contribution in [0.3, 0.4) is 0 Å². The Hall–Kier alpha value is 0.0700. The number of aliphatic hydroxyl groups excluding tert-OH is 1. The van der Waals surface area contributed by atoms with Gasteiger partial charge in [-0.05, 0) is 50.3 Å². The molecule has 0 saturated heterocycles. The summed E-state index contributed by atoms with van der Waals surface area (Å²) in [6.45, 7) is 0. The van der Waals surface area contributed by atoms with Gasteiger partial charge in [-0.15, -0.1) is 0 Å². The van der Waals surface area contributed by atoms with E-state index in [1.54, 1.807) is 6.20 Å². The molecule has 2 rings (SSSR count). The van der Waals surface area contributed by atoms with Gasteiger partial charge in [0.1, 0.15) is 0 Å². The average molecular weight is 363 g/mol. The fourth-order valence-electron chi connectivity index (χ4n) is 2.52. The van der Waals surface area contributed by atoms with Crippen LogP contribution in [0, 0.1) is 5.92 Å². The zero-order valence-electron chi connectivity index (χ0n) is 9.70. The maximum Gasteiger partial charge on any atom is 0.0973 e. The second-order valence-corrected chi connectivity index (χ2v) is 6.55. The Bertz CT molecular complexity index is 378. The first-order chi connectivity index (χ1) is 8.16. The van der Waals surface area contributed by atoms with Crippen molar-refractivity contribution in [2.45, 2.75) is 44.6 Å². The number of pyridine rings is 1. The van der Waals surface area contributed by atoms with Gasteiger partial charge < -0.3 is 5.11 Å². The monoisotopic (exact) mass is 361 g/mol. The van der Waals surface area contributed by atoms with Gasteiger partial charge in [-0.3, -0.25) is 4.98 Å². The minimum atomic E-state index is -0.444. The topological polar surface area (TPSA) is 33.1 Å². The quantitative estimate of drug-likeness (QED) is 0.851. The minimum Gasteiger partial charge on any atom is -0.387 e. The second-order valence-electron chi connectivity index (χ2n) is 4.78. The van der Waals surface area contributed by atoms with Gasteiger partial charge in [0.05, 0.1) is 11.8 Å². The molecule has 17 heavy (non-hydrogen) atoms. The molecular formula is C13H17Br2NO. The first-order valence-electron chi connectivity index (χ1n) is 6.16. The van der Waals surface area contributed by atoms with E-state index in [0.717, 1.165) is 21.1 Å². The molecule has 0 spiro atoms. The van der Waals surface area contributed by atoms with Crippen molar-refractivity contribution >= 4 is 31.9 Å². The molecule has 1 aliphatic carbocycles. The van der Waals surface area contributed by atoms with Gasteiger partial charge in [0, 0.05) is 15.1 Å². The third-order valence-corrected chi connectivity index (χ3v) is 4.50. The van der Waals surface area contributed by atoms with Crippen molar-refractivity contribution in [2.75, 3.05) is 0 Å². The molecule has 1 aromatic heterocycles. The summed E-state index contributed by atoms with van der Waals surface area (Å²) in [4.78, 5) is 4.30. The van der Waals surface area contributed by atoms with Crippen molar-refractivity contribution in [3.8, 4) is 0 Å². The molecule has 1 atom stereocenters. The Labute approximate surface area is 119 Å². The number of nitrogens with zero attached hydrogens (tertiary/aromatic N) is 1. The third-order valence-electron chi connectivity index (χ3n) is 3.43. The van der Waals surface area contributed by atoms with Crippen molar-refractivity contribution in [1.29, 1.82) is 0 Å². The predicted octanol–water partition coefficient (Wildman–Crippen LogP) is 4.61. The molecule has 0 bridgehead atoms. The molecule has 94 valence electrons. The van der Waals surface area contributed by atoms with Gasteiger partial charge in [-0.2, -0.15) is 0 Å². The van der Waals surface area contributed by atoms with E-state index in [1.807, 2.05) is 6.07 Å². The molecule has 1 heterocycles. The van der Waals surface area contributed by atoms with Crippen LogP contribution in [0.2, 0.25) is 0 Å². The number of hydrogen-bond acceptors (Lipinski definition) is 2. The first kappa shape index (κ1) is 13.5. The van der Waals surface area contributed by atoms with E-state index < -0.39 is 6.10 Å². The summed E-state index contributed by atoms with van der Waals surface area (Å²) in [5.41, 5.74) is 0.763. The van der Waals surface area contributed by atoms with Crippen molar-refractivity contribution in [1.82, 2.24) is 4.98 Å². The lowest BCUT2D eigenvalue weighted by Crippen LogP contribution is -2.12. The lowest BCUT2D eigenvalue weighted by Gasteiger charge is -2.24. The first-order valence-corrected chi connectivity index (χ1v) is 7.74. The zero-order valence-corrected chi connectivity index (χ0v) is 12.9. The molecule has 2 nitrogen and oxygen atoms in total. The van der Waals surface area contributed by atoms with E-state index in [9.17, 15) is 5.11 Å². The summed E-state index contributed by atoms with van der Waals surface area (Å²) in [7, 11) is 0. The zero-order chi connectivity index (χ0) is 12.3. The van der Waals surface area contributed by atoms with Crippen LogP contribution < -0.4 is 0 Å². The summed E-state index contributed by atoms with van der Waals surface area (Å²) in [5.74, 6) is 0.663. The maximum atomic E-state index is 10.2. The smallest absolute Gasteiger partial charge is 0.0973 e. The van der Waals surface area contributed by atoms with Gasteiger partial charge in [0.25, 0.3) is 0 Å². The summed E-state index contributed by atoms with van der Waals surface area (Å²) < 4.78 is 1.81. The highest BCUT2D eigenvalue weighted by Gasteiger charge is 2.20. The Morgan fingerprint density at radius 1 is 1.29 bits per heavy atom. The van der Waals surface area contributed by atoms with Crippen LogP contribution in [0.25, 0.3) is 0 Å². The predicted molar refractivity (Wildman–Crippen MR) is 75.8 cm³/mol. The van der Waals surface area contributed by atoms with Crippen LogP contribution in [0.1, 0.15) is 50.3 Å². The fraction of sp³-hybridized carbons (Fsp3) is 0.615. The maximum absolute atomic E-state index is 10.2. The van der Waals surface area contributed by atoms with Crippen molar-refractivity contribution in [2.24, 2.45) is 5.92 Å². The normalized spacial score (nSPS) is 19.2. The molecule has 0 aromatic carbocycles. The Balaban J connectivity index is 2.00. The number of hydrogen-bond donors (Lipinski definition) is 1. The van der Waals surface area contributed by atoms with E-state index in [-0.39, 0.29) is 0 Å². The van der Waals surface area contributed by atoms with E-state index in [2.05, 4.69) is 36.8 Å². The lowest BCUT2D eigenvalue weighted by molar-refractivity contribution is 0.127. The van der Waals surface area contributed by atoms with Crippen LogP contribution in [0.4, 0.5) is 0 Å². The molecule has 1 aromatic rings. The van der Waals surface area contributed by atoms with Gasteiger partial charge in [-0.25, -0.2) is 0 Å². The standard InChI is InChI=1S/C13H17Br2NO/c14-10-7-11(15)13(16-8-10)12(17)6-9-4-2-1-3-5-9/h7-9,12,17H,1-6H2. The van der Waals surface area contributed by atoms with Crippen LogP contribution in [-0.2, 0) is 0 Å². The summed E-state index contributed by atoms with van der Waals surface area (Å²) in [6.07, 6.45) is 8.62. The molecule has 0 aliphatic heterocycles. The van der Waals surface area contributed by atoms with Gasteiger partial charge >= 0.3 is 0 Å². The number of aliphatic hydroxyl groups is 1. The molecule has 1 N–H and O–H groups in total. The fourth-order valence-corrected chi connectivity index (χ4v) is 3.77. The van der Waals surface area contributed by atoms with Gasteiger partial charge in [0.15, 0.2) is 0 Å². The van der Waals surface area contributed by atoms with Crippen LogP contribution in [0.5, 0.6) is 0 Å². The van der Waals surface area contributed by atoms with Crippen LogP contribution in [-0.4, -0.2) is 10.1 Å². The summed E-state index contributed by atoms with van der Waals surface area (Å²) >= 11 is 6.83. The highest BCUT2D eigenvalue weighted by Crippen LogP contribution is 2.33. The van der Waals surface area contributed by atoms with Crippen LogP contribution in [0.15, 0.2) is 21.2 Å². The minimum absolute atomic E-state index is 0.444. The highest BCUT2D eigenvalue weighted by molar-refractivity contribution is 9.11. The van der Waals surface area contributed by atoms with E-state index in [0.29, 0.717) is 5.92 Å². The lowest BCUT2D eigenvalue weighted by atomic mass is 9.85. The number of aromatic nitrogens is 1. The van der Waals surface area contributed by atoms with Gasteiger partial charge in [0.2, 0.25) is 0 Å². The van der Waals surface area contributed by atoms with E-state index in [4.69, 9.17) is 0 Å². The second kappa shape index (κ2) is 6.30. The molecular weight excluding hydrogens is 346 g/mol. The van der Waals surface area contributed by atoms with Crippen molar-refractivity contribution in [3.63, 3.8) is 0 Å². The van der Waals surface area contributed by atoms with Crippen molar-refractivity contribution < 1.29 is 5.11 Å². The molecule has 0 radical (unpaired) electrons. The molecule has 1 aliphatic rings. The van der Waals surface area contributed by atoms with Crippen molar-refractivity contribution in [3.05, 3.63) is 26.9 Å². The Morgan fingerprint density at radius 3 is 2.65 bits per heavy atom. The summed E-state index contributed by atoms with van der Waals surface area (Å²) in [5, 5.41) is 10.2. The average Bonchev–Trinajstić information content (AvgIpc) is 2.30. The molecule has 1 saturated carbocycles.